The van der Waals surface area contributed by atoms with E-state index in [9.17, 15) is 9.59 Å². The third-order valence-corrected chi connectivity index (χ3v) is 5.66. The SMILES string of the molecule is CCCCC1CCC(C(=O)N2CCN(CC(=O)NC(C)C)CC2)CC1. The Morgan fingerprint density at radius 1 is 1.04 bits per heavy atom. The highest BCUT2D eigenvalue weighted by Crippen LogP contribution is 2.33. The number of amides is 2. The average Bonchev–Trinajstić information content (AvgIpc) is 2.59. The Hall–Kier alpha value is -1.10. The Morgan fingerprint density at radius 2 is 1.68 bits per heavy atom. The summed E-state index contributed by atoms with van der Waals surface area (Å²) in [6, 6.07) is 0.183. The molecule has 1 aliphatic carbocycles. The van der Waals surface area contributed by atoms with Crippen LogP contribution in [-0.4, -0.2) is 60.4 Å². The highest BCUT2D eigenvalue weighted by molar-refractivity contribution is 5.79. The fourth-order valence-corrected chi connectivity index (χ4v) is 4.15. The number of nitrogens with zero attached hydrogens (tertiary/aromatic N) is 2. The maximum absolute atomic E-state index is 12.8. The van der Waals surface area contributed by atoms with Crippen molar-refractivity contribution in [3.63, 3.8) is 0 Å². The summed E-state index contributed by atoms with van der Waals surface area (Å²) in [4.78, 5) is 28.8. The molecule has 1 aliphatic heterocycles. The van der Waals surface area contributed by atoms with E-state index < -0.39 is 0 Å². The second kappa shape index (κ2) is 10.1. The Bertz CT molecular complexity index is 423. The van der Waals surface area contributed by atoms with Gasteiger partial charge in [0.05, 0.1) is 6.54 Å². The second-order valence-electron chi connectivity index (χ2n) is 8.18. The van der Waals surface area contributed by atoms with Gasteiger partial charge in [0.15, 0.2) is 0 Å². The average molecular weight is 352 g/mol. The van der Waals surface area contributed by atoms with Crippen LogP contribution < -0.4 is 5.32 Å². The minimum Gasteiger partial charge on any atom is -0.353 e. The van der Waals surface area contributed by atoms with Gasteiger partial charge >= 0.3 is 0 Å². The number of carbonyl (C=O) groups excluding carboxylic acids is 2. The van der Waals surface area contributed by atoms with Crippen LogP contribution in [0.15, 0.2) is 0 Å². The van der Waals surface area contributed by atoms with Crippen LogP contribution in [0.5, 0.6) is 0 Å². The molecule has 0 radical (unpaired) electrons. The Labute approximate surface area is 153 Å². The minimum atomic E-state index is 0.0835. The molecule has 2 amide bonds. The lowest BCUT2D eigenvalue weighted by Crippen LogP contribution is -2.52. The maximum Gasteiger partial charge on any atom is 0.234 e. The first-order chi connectivity index (χ1) is 12.0. The molecule has 1 N–H and O–H groups in total. The second-order valence-corrected chi connectivity index (χ2v) is 8.18. The molecule has 0 aromatic heterocycles. The zero-order valence-corrected chi connectivity index (χ0v) is 16.4. The van der Waals surface area contributed by atoms with Crippen LogP contribution in [0.4, 0.5) is 0 Å². The highest BCUT2D eigenvalue weighted by atomic mass is 16.2. The van der Waals surface area contributed by atoms with Gasteiger partial charge in [-0.1, -0.05) is 26.2 Å². The Balaban J connectivity index is 1.68. The molecular formula is C20H37N3O2. The first-order valence-corrected chi connectivity index (χ1v) is 10.3. The van der Waals surface area contributed by atoms with Gasteiger partial charge in [0.1, 0.15) is 0 Å². The number of hydrogen-bond acceptors (Lipinski definition) is 3. The van der Waals surface area contributed by atoms with Crippen molar-refractivity contribution in [3.8, 4) is 0 Å². The van der Waals surface area contributed by atoms with Gasteiger partial charge < -0.3 is 10.2 Å². The van der Waals surface area contributed by atoms with Gasteiger partial charge in [0.25, 0.3) is 0 Å². The smallest absolute Gasteiger partial charge is 0.234 e. The molecular weight excluding hydrogens is 314 g/mol. The van der Waals surface area contributed by atoms with E-state index in [1.807, 2.05) is 18.7 Å². The number of piperazine rings is 1. The van der Waals surface area contributed by atoms with Crippen LogP contribution in [0.2, 0.25) is 0 Å². The van der Waals surface area contributed by atoms with Crippen LogP contribution in [0.1, 0.15) is 65.7 Å². The van der Waals surface area contributed by atoms with E-state index in [4.69, 9.17) is 0 Å². The lowest BCUT2D eigenvalue weighted by atomic mass is 9.79. The Kier molecular flexibility index (Phi) is 8.20. The van der Waals surface area contributed by atoms with Crippen molar-refractivity contribution in [2.45, 2.75) is 71.8 Å². The maximum atomic E-state index is 12.8. The van der Waals surface area contributed by atoms with Gasteiger partial charge in [-0.3, -0.25) is 14.5 Å². The monoisotopic (exact) mass is 351 g/mol. The van der Waals surface area contributed by atoms with Crippen LogP contribution in [0.3, 0.4) is 0 Å². The van der Waals surface area contributed by atoms with Crippen molar-refractivity contribution in [2.24, 2.45) is 11.8 Å². The molecule has 0 aromatic rings. The van der Waals surface area contributed by atoms with Crippen LogP contribution in [-0.2, 0) is 9.59 Å². The third kappa shape index (κ3) is 6.61. The van der Waals surface area contributed by atoms with E-state index in [-0.39, 0.29) is 17.9 Å². The van der Waals surface area contributed by atoms with Crippen LogP contribution in [0, 0.1) is 11.8 Å². The quantitative estimate of drug-likeness (QED) is 0.767. The van der Waals surface area contributed by atoms with E-state index in [0.29, 0.717) is 12.5 Å². The summed E-state index contributed by atoms with van der Waals surface area (Å²) < 4.78 is 0. The van der Waals surface area contributed by atoms with E-state index in [0.717, 1.165) is 44.9 Å². The predicted molar refractivity (Wildman–Crippen MR) is 101 cm³/mol. The van der Waals surface area contributed by atoms with Crippen molar-refractivity contribution >= 4 is 11.8 Å². The number of hydrogen-bond donors (Lipinski definition) is 1. The number of carbonyl (C=O) groups is 2. The van der Waals surface area contributed by atoms with Crippen molar-refractivity contribution in [2.75, 3.05) is 32.7 Å². The van der Waals surface area contributed by atoms with E-state index in [2.05, 4.69) is 17.1 Å². The molecule has 1 saturated carbocycles. The topological polar surface area (TPSA) is 52.7 Å². The van der Waals surface area contributed by atoms with Gasteiger partial charge in [-0.05, 0) is 45.4 Å². The molecule has 1 heterocycles. The fraction of sp³-hybridized carbons (Fsp3) is 0.900. The lowest BCUT2D eigenvalue weighted by Gasteiger charge is -2.37. The molecule has 0 aromatic carbocycles. The summed E-state index contributed by atoms with van der Waals surface area (Å²) in [5, 5.41) is 2.93. The molecule has 2 fully saturated rings. The molecule has 0 bridgehead atoms. The van der Waals surface area contributed by atoms with Crippen molar-refractivity contribution in [1.29, 1.82) is 0 Å². The lowest BCUT2D eigenvalue weighted by molar-refractivity contribution is -0.138. The van der Waals surface area contributed by atoms with Crippen LogP contribution in [0.25, 0.3) is 0 Å². The highest BCUT2D eigenvalue weighted by Gasteiger charge is 2.31. The Morgan fingerprint density at radius 3 is 2.24 bits per heavy atom. The van der Waals surface area contributed by atoms with Gasteiger partial charge in [-0.25, -0.2) is 0 Å². The first kappa shape index (κ1) is 20.2. The van der Waals surface area contributed by atoms with Gasteiger partial charge in [0.2, 0.25) is 11.8 Å². The minimum absolute atomic E-state index is 0.0835. The van der Waals surface area contributed by atoms with Gasteiger partial charge in [0, 0.05) is 38.1 Å². The molecule has 0 atom stereocenters. The largest absolute Gasteiger partial charge is 0.353 e. The van der Waals surface area contributed by atoms with E-state index >= 15 is 0 Å². The molecule has 2 aliphatic rings. The summed E-state index contributed by atoms with van der Waals surface area (Å²) >= 11 is 0. The zero-order valence-electron chi connectivity index (χ0n) is 16.4. The number of rotatable bonds is 7. The summed E-state index contributed by atoms with van der Waals surface area (Å²) in [6.07, 6.45) is 8.55. The molecule has 144 valence electrons. The molecule has 5 nitrogen and oxygen atoms in total. The van der Waals surface area contributed by atoms with Crippen molar-refractivity contribution < 1.29 is 9.59 Å². The summed E-state index contributed by atoms with van der Waals surface area (Å²) in [6.45, 7) is 9.81. The first-order valence-electron chi connectivity index (χ1n) is 10.3. The number of nitrogens with one attached hydrogen (secondary N) is 1. The molecule has 1 saturated heterocycles. The molecule has 2 rings (SSSR count). The summed E-state index contributed by atoms with van der Waals surface area (Å²) in [5.41, 5.74) is 0. The molecule has 25 heavy (non-hydrogen) atoms. The van der Waals surface area contributed by atoms with Gasteiger partial charge in [-0.15, -0.1) is 0 Å². The molecule has 5 heteroatoms. The third-order valence-electron chi connectivity index (χ3n) is 5.66. The van der Waals surface area contributed by atoms with Crippen molar-refractivity contribution in [1.82, 2.24) is 15.1 Å². The summed E-state index contributed by atoms with van der Waals surface area (Å²) in [5.74, 6) is 1.54. The van der Waals surface area contributed by atoms with Gasteiger partial charge in [-0.2, -0.15) is 0 Å². The molecule has 0 spiro atoms. The molecule has 0 unspecified atom stereocenters. The number of unbranched alkanes of at least 4 members (excludes halogenated alkanes) is 1. The normalized spacial score (nSPS) is 25.2. The van der Waals surface area contributed by atoms with E-state index in [1.165, 1.54) is 32.1 Å². The van der Waals surface area contributed by atoms with E-state index in [1.54, 1.807) is 0 Å². The fourth-order valence-electron chi connectivity index (χ4n) is 4.15. The predicted octanol–water partition coefficient (Wildman–Crippen LogP) is 2.65. The van der Waals surface area contributed by atoms with Crippen LogP contribution >= 0.6 is 0 Å². The zero-order chi connectivity index (χ0) is 18.2. The standard InChI is InChI=1S/C20H37N3O2/c1-4-5-6-17-7-9-18(10-8-17)20(25)23-13-11-22(12-14-23)15-19(24)21-16(2)3/h16-18H,4-15H2,1-3H3,(H,21,24). The summed E-state index contributed by atoms with van der Waals surface area (Å²) in [7, 11) is 0. The van der Waals surface area contributed by atoms with Crippen molar-refractivity contribution in [3.05, 3.63) is 0 Å².